The molecule has 4 heteroatoms. The number of hydrogen-bond acceptors (Lipinski definition) is 2. The molecule has 2 atom stereocenters. The van der Waals surface area contributed by atoms with Crippen LogP contribution >= 0.6 is 11.6 Å². The van der Waals surface area contributed by atoms with Gasteiger partial charge in [-0.2, -0.15) is 0 Å². The van der Waals surface area contributed by atoms with Crippen molar-refractivity contribution in [2.24, 2.45) is 5.92 Å². The summed E-state index contributed by atoms with van der Waals surface area (Å²) in [5, 5.41) is 9.49. The Labute approximate surface area is 92.6 Å². The Kier molecular flexibility index (Phi) is 3.24. The third kappa shape index (κ3) is 2.30. The number of aliphatic hydroxyl groups is 1. The summed E-state index contributed by atoms with van der Waals surface area (Å²) in [5.41, 5.74) is 0.705. The summed E-state index contributed by atoms with van der Waals surface area (Å²) < 4.78 is 18.6. The molecule has 1 heterocycles. The fourth-order valence-corrected chi connectivity index (χ4v) is 2.16. The smallest absolute Gasteiger partial charge is 0.125 e. The van der Waals surface area contributed by atoms with Gasteiger partial charge in [0.2, 0.25) is 0 Å². The molecule has 0 bridgehead atoms. The lowest BCUT2D eigenvalue weighted by Gasteiger charge is -2.16. The number of ether oxygens (including phenoxy) is 1. The molecular weight excluding hydrogens is 219 g/mol. The van der Waals surface area contributed by atoms with E-state index in [2.05, 4.69) is 0 Å². The van der Waals surface area contributed by atoms with E-state index in [1.807, 2.05) is 0 Å². The van der Waals surface area contributed by atoms with Crippen molar-refractivity contribution in [3.8, 4) is 0 Å². The number of benzene rings is 1. The summed E-state index contributed by atoms with van der Waals surface area (Å²) in [6.07, 6.45) is 0.568. The second-order valence-corrected chi connectivity index (χ2v) is 4.16. The van der Waals surface area contributed by atoms with E-state index >= 15 is 0 Å². The first-order valence-electron chi connectivity index (χ1n) is 4.89. The van der Waals surface area contributed by atoms with Gasteiger partial charge in [-0.25, -0.2) is 4.39 Å². The van der Waals surface area contributed by atoms with Crippen molar-refractivity contribution in [2.45, 2.75) is 12.5 Å². The molecule has 2 rings (SSSR count). The van der Waals surface area contributed by atoms with Gasteiger partial charge < -0.3 is 9.84 Å². The van der Waals surface area contributed by atoms with Gasteiger partial charge in [0.25, 0.3) is 0 Å². The third-order valence-electron chi connectivity index (χ3n) is 2.66. The van der Waals surface area contributed by atoms with Gasteiger partial charge in [0.1, 0.15) is 5.82 Å². The molecule has 0 aromatic heterocycles. The lowest BCUT2D eigenvalue weighted by atomic mass is 9.96. The van der Waals surface area contributed by atoms with Crippen LogP contribution in [-0.2, 0) is 4.74 Å². The lowest BCUT2D eigenvalue weighted by Crippen LogP contribution is -2.11. The van der Waals surface area contributed by atoms with Crippen LogP contribution in [0.25, 0.3) is 0 Å². The zero-order valence-corrected chi connectivity index (χ0v) is 8.88. The van der Waals surface area contributed by atoms with Crippen LogP contribution in [-0.4, -0.2) is 18.3 Å². The molecule has 1 aliphatic heterocycles. The minimum atomic E-state index is -0.371. The van der Waals surface area contributed by atoms with E-state index in [1.165, 1.54) is 12.1 Å². The molecule has 0 aliphatic carbocycles. The molecule has 0 saturated carbocycles. The van der Waals surface area contributed by atoms with Crippen LogP contribution in [0.4, 0.5) is 4.39 Å². The molecule has 82 valence electrons. The van der Waals surface area contributed by atoms with E-state index in [-0.39, 0.29) is 24.4 Å². The standard InChI is InChI=1S/C11H12ClFO2/c12-9-3-8(4-10(13)5-9)11-7(6-14)1-2-15-11/h3-5,7,11,14H,1-2,6H2. The summed E-state index contributed by atoms with van der Waals surface area (Å²) in [6.45, 7) is 0.656. The first-order valence-corrected chi connectivity index (χ1v) is 5.27. The van der Waals surface area contributed by atoms with Crippen molar-refractivity contribution >= 4 is 11.6 Å². The average molecular weight is 231 g/mol. The van der Waals surface area contributed by atoms with E-state index in [0.29, 0.717) is 17.2 Å². The van der Waals surface area contributed by atoms with Gasteiger partial charge in [-0.3, -0.25) is 0 Å². The van der Waals surface area contributed by atoms with Gasteiger partial charge in [-0.1, -0.05) is 11.6 Å². The lowest BCUT2D eigenvalue weighted by molar-refractivity contribution is 0.0718. The molecule has 2 nitrogen and oxygen atoms in total. The topological polar surface area (TPSA) is 29.5 Å². The van der Waals surface area contributed by atoms with Gasteiger partial charge in [0.05, 0.1) is 6.10 Å². The highest BCUT2D eigenvalue weighted by Gasteiger charge is 2.29. The fourth-order valence-electron chi connectivity index (χ4n) is 1.93. The minimum Gasteiger partial charge on any atom is -0.396 e. The molecule has 1 saturated heterocycles. The molecular formula is C11H12ClFO2. The maximum Gasteiger partial charge on any atom is 0.125 e. The molecule has 0 spiro atoms. The second-order valence-electron chi connectivity index (χ2n) is 3.73. The van der Waals surface area contributed by atoms with Crippen LogP contribution in [0.2, 0.25) is 5.02 Å². The number of hydrogen-bond donors (Lipinski definition) is 1. The minimum absolute atomic E-state index is 0.0443. The summed E-state index contributed by atoms with van der Waals surface area (Å²) in [4.78, 5) is 0. The van der Waals surface area contributed by atoms with Gasteiger partial charge in [0.15, 0.2) is 0 Å². The zero-order chi connectivity index (χ0) is 10.8. The summed E-state index contributed by atoms with van der Waals surface area (Å²) in [6, 6.07) is 4.35. The van der Waals surface area contributed by atoms with Crippen molar-refractivity contribution in [3.63, 3.8) is 0 Å². The molecule has 0 radical (unpaired) electrons. The predicted molar refractivity (Wildman–Crippen MR) is 55.3 cm³/mol. The van der Waals surface area contributed by atoms with Crippen LogP contribution in [0.3, 0.4) is 0 Å². The van der Waals surface area contributed by atoms with E-state index in [0.717, 1.165) is 6.42 Å². The first-order chi connectivity index (χ1) is 7.20. The molecule has 1 aliphatic rings. The Balaban J connectivity index is 2.28. The highest BCUT2D eigenvalue weighted by Crippen LogP contribution is 2.35. The first kappa shape index (κ1) is 10.9. The largest absolute Gasteiger partial charge is 0.396 e. The van der Waals surface area contributed by atoms with Gasteiger partial charge in [-0.15, -0.1) is 0 Å². The highest BCUT2D eigenvalue weighted by atomic mass is 35.5. The van der Waals surface area contributed by atoms with Crippen LogP contribution in [0.15, 0.2) is 18.2 Å². The Morgan fingerprint density at radius 3 is 2.93 bits per heavy atom. The van der Waals surface area contributed by atoms with Gasteiger partial charge in [-0.05, 0) is 30.2 Å². The van der Waals surface area contributed by atoms with Crippen molar-refractivity contribution < 1.29 is 14.2 Å². The fraction of sp³-hybridized carbons (Fsp3) is 0.455. The number of halogens is 2. The Morgan fingerprint density at radius 1 is 1.47 bits per heavy atom. The Bertz CT molecular complexity index is 336. The molecule has 1 fully saturated rings. The number of rotatable bonds is 2. The Hall–Kier alpha value is -0.640. The maximum absolute atomic E-state index is 13.1. The van der Waals surface area contributed by atoms with E-state index in [9.17, 15) is 4.39 Å². The molecule has 1 aromatic carbocycles. The zero-order valence-electron chi connectivity index (χ0n) is 8.12. The van der Waals surface area contributed by atoms with Crippen molar-refractivity contribution in [1.82, 2.24) is 0 Å². The van der Waals surface area contributed by atoms with Crippen molar-refractivity contribution in [1.29, 1.82) is 0 Å². The third-order valence-corrected chi connectivity index (χ3v) is 2.88. The van der Waals surface area contributed by atoms with E-state index in [1.54, 1.807) is 6.07 Å². The second kappa shape index (κ2) is 4.47. The Morgan fingerprint density at radius 2 is 2.27 bits per heavy atom. The molecule has 0 amide bonds. The van der Waals surface area contributed by atoms with Gasteiger partial charge in [0, 0.05) is 24.2 Å². The van der Waals surface area contributed by atoms with Crippen LogP contribution in [0, 0.1) is 11.7 Å². The summed E-state index contributed by atoms with van der Waals surface area (Å²) in [5.74, 6) is -0.326. The predicted octanol–water partition coefficient (Wildman–Crippen LogP) is 2.55. The molecule has 1 aromatic rings. The maximum atomic E-state index is 13.1. The van der Waals surface area contributed by atoms with E-state index < -0.39 is 0 Å². The normalized spacial score (nSPS) is 25.8. The van der Waals surface area contributed by atoms with Crippen LogP contribution in [0.5, 0.6) is 0 Å². The monoisotopic (exact) mass is 230 g/mol. The molecule has 15 heavy (non-hydrogen) atoms. The summed E-state index contributed by atoms with van der Waals surface area (Å²) in [7, 11) is 0. The van der Waals surface area contributed by atoms with Crippen LogP contribution < -0.4 is 0 Å². The number of aliphatic hydroxyl groups excluding tert-OH is 1. The molecule has 1 N–H and O–H groups in total. The quantitative estimate of drug-likeness (QED) is 0.846. The SMILES string of the molecule is OCC1CCOC1c1cc(F)cc(Cl)c1. The van der Waals surface area contributed by atoms with E-state index in [4.69, 9.17) is 21.4 Å². The summed E-state index contributed by atoms with van der Waals surface area (Å²) >= 11 is 5.76. The average Bonchev–Trinajstić information content (AvgIpc) is 2.63. The highest BCUT2D eigenvalue weighted by molar-refractivity contribution is 6.30. The van der Waals surface area contributed by atoms with Gasteiger partial charge >= 0.3 is 0 Å². The molecule has 2 unspecified atom stereocenters. The van der Waals surface area contributed by atoms with Crippen molar-refractivity contribution in [3.05, 3.63) is 34.6 Å². The van der Waals surface area contributed by atoms with Crippen LogP contribution in [0.1, 0.15) is 18.1 Å². The van der Waals surface area contributed by atoms with Crippen molar-refractivity contribution in [2.75, 3.05) is 13.2 Å².